The molecule has 3 aromatic rings. The molecular weight excluding hydrogens is 386 g/mol. The zero-order valence-electron chi connectivity index (χ0n) is 17.0. The molecule has 0 saturated heterocycles. The van der Waals surface area contributed by atoms with Crippen molar-refractivity contribution in [2.24, 2.45) is 0 Å². The van der Waals surface area contributed by atoms with Crippen molar-refractivity contribution in [1.82, 2.24) is 0 Å². The number of carbonyl (C=O) groups excluding carboxylic acids is 2. The van der Waals surface area contributed by atoms with E-state index in [9.17, 15) is 9.59 Å². The molecule has 0 amide bonds. The Hall–Kier alpha value is -2.85. The minimum Gasteiger partial charge on any atom is -0.497 e. The fraction of sp³-hybridized carbons (Fsp3) is 0.250. The Labute approximate surface area is 177 Å². The number of halogens is 1. The quantitative estimate of drug-likeness (QED) is 0.370. The van der Waals surface area contributed by atoms with Crippen LogP contribution in [0.2, 0.25) is 0 Å². The van der Waals surface area contributed by atoms with E-state index in [1.165, 1.54) is 0 Å². The molecule has 0 spiro atoms. The zero-order valence-corrected chi connectivity index (χ0v) is 17.8. The minimum absolute atomic E-state index is 0. The van der Waals surface area contributed by atoms with Crippen LogP contribution in [0.25, 0.3) is 10.8 Å². The van der Waals surface area contributed by atoms with Gasteiger partial charge in [0.25, 0.3) is 0 Å². The first kappa shape index (κ1) is 22.4. The highest BCUT2D eigenvalue weighted by Crippen LogP contribution is 2.32. The average Bonchev–Trinajstić information content (AvgIpc) is 2.73. The molecule has 0 aromatic heterocycles. The molecule has 0 bridgehead atoms. The maximum Gasteiger partial charge on any atom is 0.167 e. The molecule has 3 aromatic carbocycles. The summed E-state index contributed by atoms with van der Waals surface area (Å²) in [7, 11) is 3.70. The van der Waals surface area contributed by atoms with Crippen molar-refractivity contribution in [3.05, 3.63) is 71.3 Å². The molecule has 0 fully saturated rings. The van der Waals surface area contributed by atoms with Gasteiger partial charge in [-0.3, -0.25) is 9.59 Å². The summed E-state index contributed by atoms with van der Waals surface area (Å²) in [6, 6.07) is 17.0. The van der Waals surface area contributed by atoms with Crippen LogP contribution in [0.1, 0.15) is 39.6 Å². The Morgan fingerprint density at radius 1 is 1.07 bits per heavy atom. The molecule has 0 aliphatic heterocycles. The number of ether oxygens (including phenoxy) is 1. The van der Waals surface area contributed by atoms with Crippen LogP contribution in [0.15, 0.2) is 54.6 Å². The minimum atomic E-state index is 0. The first-order valence-electron chi connectivity index (χ1n) is 9.46. The van der Waals surface area contributed by atoms with Crippen LogP contribution in [0, 0.1) is 0 Å². The number of methoxy groups -OCH3 is 1. The number of nitrogens with zero attached hydrogens (tertiary/aromatic N) is 1. The summed E-state index contributed by atoms with van der Waals surface area (Å²) in [5.74, 6) is 0.857. The molecule has 5 heteroatoms. The SMILES string of the molecule is CCCN(C)c1cc(C(=O)Cc2ccc(C=O)cc2)cc2ccc(OC)cc12.Cl. The van der Waals surface area contributed by atoms with Crippen LogP contribution in [-0.2, 0) is 6.42 Å². The fourth-order valence-corrected chi connectivity index (χ4v) is 3.38. The van der Waals surface area contributed by atoms with E-state index in [-0.39, 0.29) is 18.2 Å². The number of carbonyl (C=O) groups is 2. The summed E-state index contributed by atoms with van der Waals surface area (Å²) in [5, 5.41) is 2.09. The smallest absolute Gasteiger partial charge is 0.167 e. The lowest BCUT2D eigenvalue weighted by Gasteiger charge is -2.22. The highest BCUT2D eigenvalue weighted by atomic mass is 35.5. The zero-order chi connectivity index (χ0) is 20.1. The highest BCUT2D eigenvalue weighted by Gasteiger charge is 2.14. The van der Waals surface area contributed by atoms with Crippen molar-refractivity contribution in [1.29, 1.82) is 0 Å². The van der Waals surface area contributed by atoms with Crippen molar-refractivity contribution in [3.63, 3.8) is 0 Å². The van der Waals surface area contributed by atoms with Crippen molar-refractivity contribution in [3.8, 4) is 5.75 Å². The second kappa shape index (κ2) is 10.1. The molecule has 0 aliphatic carbocycles. The first-order chi connectivity index (χ1) is 13.5. The van der Waals surface area contributed by atoms with Crippen LogP contribution in [0.4, 0.5) is 5.69 Å². The number of benzene rings is 3. The van der Waals surface area contributed by atoms with Gasteiger partial charge in [0.05, 0.1) is 7.11 Å². The van der Waals surface area contributed by atoms with Crippen LogP contribution in [0.5, 0.6) is 5.75 Å². The van der Waals surface area contributed by atoms with Gasteiger partial charge >= 0.3 is 0 Å². The highest BCUT2D eigenvalue weighted by molar-refractivity contribution is 6.05. The Balaban J connectivity index is 0.00000300. The maximum absolute atomic E-state index is 13.0. The van der Waals surface area contributed by atoms with Crippen molar-refractivity contribution in [2.45, 2.75) is 19.8 Å². The van der Waals surface area contributed by atoms with Crippen LogP contribution in [-0.4, -0.2) is 32.8 Å². The van der Waals surface area contributed by atoms with E-state index in [1.54, 1.807) is 19.2 Å². The number of aldehydes is 1. The standard InChI is InChI=1S/C24H25NO3.ClH/c1-4-11-25(2)23-14-20(13-19-9-10-21(28-3)15-22(19)23)24(27)12-17-5-7-18(16-26)8-6-17;/h5-10,13-16H,4,11-12H2,1-3H3;1H. The largest absolute Gasteiger partial charge is 0.497 e. The van der Waals surface area contributed by atoms with Gasteiger partial charge in [0.1, 0.15) is 12.0 Å². The van der Waals surface area contributed by atoms with E-state index < -0.39 is 0 Å². The second-order valence-electron chi connectivity index (χ2n) is 6.96. The van der Waals surface area contributed by atoms with Gasteiger partial charge in [-0.25, -0.2) is 0 Å². The summed E-state index contributed by atoms with van der Waals surface area (Å²) in [5.41, 5.74) is 3.22. The van der Waals surface area contributed by atoms with Gasteiger partial charge in [0.2, 0.25) is 0 Å². The third-order valence-corrected chi connectivity index (χ3v) is 4.91. The third kappa shape index (κ3) is 5.15. The molecule has 152 valence electrons. The number of anilines is 1. The first-order valence-corrected chi connectivity index (χ1v) is 9.46. The van der Waals surface area contributed by atoms with E-state index >= 15 is 0 Å². The summed E-state index contributed by atoms with van der Waals surface area (Å²) in [6.07, 6.45) is 2.12. The maximum atomic E-state index is 13.0. The van der Waals surface area contributed by atoms with E-state index in [0.717, 1.165) is 47.0 Å². The van der Waals surface area contributed by atoms with Gasteiger partial charge < -0.3 is 9.64 Å². The third-order valence-electron chi connectivity index (χ3n) is 4.91. The topological polar surface area (TPSA) is 46.6 Å². The lowest BCUT2D eigenvalue weighted by Crippen LogP contribution is -2.18. The molecule has 29 heavy (non-hydrogen) atoms. The van der Waals surface area contributed by atoms with Crippen molar-refractivity contribution < 1.29 is 14.3 Å². The van der Waals surface area contributed by atoms with Gasteiger partial charge in [0, 0.05) is 42.2 Å². The Bertz CT molecular complexity index is 999. The molecule has 3 rings (SSSR count). The summed E-state index contributed by atoms with van der Waals surface area (Å²) < 4.78 is 5.38. The Kier molecular flexibility index (Phi) is 7.80. The van der Waals surface area contributed by atoms with E-state index in [1.807, 2.05) is 49.5 Å². The summed E-state index contributed by atoms with van der Waals surface area (Å²) >= 11 is 0. The fourth-order valence-electron chi connectivity index (χ4n) is 3.38. The van der Waals surface area contributed by atoms with E-state index in [0.29, 0.717) is 17.5 Å². The molecule has 0 radical (unpaired) electrons. The summed E-state index contributed by atoms with van der Waals surface area (Å²) in [4.78, 5) is 25.9. The molecule has 0 saturated carbocycles. The normalized spacial score (nSPS) is 10.3. The number of fused-ring (bicyclic) bond motifs is 1. The van der Waals surface area contributed by atoms with Gasteiger partial charge in [-0.05, 0) is 41.6 Å². The molecule has 0 unspecified atom stereocenters. The summed E-state index contributed by atoms with van der Waals surface area (Å²) in [6.45, 7) is 3.04. The molecule has 4 nitrogen and oxygen atoms in total. The number of rotatable bonds is 8. The van der Waals surface area contributed by atoms with Crippen LogP contribution >= 0.6 is 12.4 Å². The van der Waals surface area contributed by atoms with Crippen LogP contribution < -0.4 is 9.64 Å². The van der Waals surface area contributed by atoms with Crippen molar-refractivity contribution >= 4 is 40.9 Å². The molecular formula is C24H26ClNO3. The molecule has 0 atom stereocenters. The average molecular weight is 412 g/mol. The lowest BCUT2D eigenvalue weighted by atomic mass is 9.97. The molecule has 0 aliphatic rings. The Morgan fingerprint density at radius 3 is 2.41 bits per heavy atom. The second-order valence-corrected chi connectivity index (χ2v) is 6.96. The molecule has 0 N–H and O–H groups in total. The van der Waals surface area contributed by atoms with Gasteiger partial charge in [-0.1, -0.05) is 37.3 Å². The van der Waals surface area contributed by atoms with Crippen LogP contribution in [0.3, 0.4) is 0 Å². The number of hydrogen-bond acceptors (Lipinski definition) is 4. The number of Topliss-reactive ketones (excluding diaryl/α,β-unsaturated/α-hetero) is 1. The van der Waals surface area contributed by atoms with E-state index in [4.69, 9.17) is 4.74 Å². The Morgan fingerprint density at radius 2 is 1.79 bits per heavy atom. The van der Waals surface area contributed by atoms with Gasteiger partial charge in [0.15, 0.2) is 5.78 Å². The lowest BCUT2D eigenvalue weighted by molar-refractivity contribution is 0.0993. The van der Waals surface area contributed by atoms with Gasteiger partial charge in [-0.2, -0.15) is 0 Å². The molecule has 0 heterocycles. The van der Waals surface area contributed by atoms with Gasteiger partial charge in [-0.15, -0.1) is 12.4 Å². The van der Waals surface area contributed by atoms with E-state index in [2.05, 4.69) is 11.8 Å². The predicted molar refractivity (Wildman–Crippen MR) is 121 cm³/mol. The number of ketones is 1. The monoisotopic (exact) mass is 411 g/mol. The van der Waals surface area contributed by atoms with Crippen molar-refractivity contribution in [2.75, 3.05) is 25.6 Å². The predicted octanol–water partition coefficient (Wildman–Crippen LogP) is 5.35. The number of hydrogen-bond donors (Lipinski definition) is 0.